The summed E-state index contributed by atoms with van der Waals surface area (Å²) in [6.45, 7) is 20.2. The van der Waals surface area contributed by atoms with E-state index in [1.807, 2.05) is 165 Å². The van der Waals surface area contributed by atoms with Crippen LogP contribution in [-0.4, -0.2) is 120 Å². The molecule has 0 unspecified atom stereocenters. The van der Waals surface area contributed by atoms with Crippen molar-refractivity contribution in [1.29, 1.82) is 0 Å². The number of aliphatic imine (C=N–C) groups is 1. The van der Waals surface area contributed by atoms with Crippen molar-refractivity contribution in [3.8, 4) is 11.5 Å². The molecule has 2 saturated heterocycles. The van der Waals surface area contributed by atoms with Crippen molar-refractivity contribution in [2.24, 2.45) is 34.4 Å². The van der Waals surface area contributed by atoms with Crippen molar-refractivity contribution < 1.29 is 47.7 Å². The highest BCUT2D eigenvalue weighted by molar-refractivity contribution is 7.80. The van der Waals surface area contributed by atoms with E-state index in [1.54, 1.807) is 28.1 Å². The van der Waals surface area contributed by atoms with Gasteiger partial charge in [-0.2, -0.15) is 4.99 Å². The third-order valence-electron chi connectivity index (χ3n) is 13.7. The maximum Gasteiger partial charge on any atom is 0.243 e. The summed E-state index contributed by atoms with van der Waals surface area (Å²) in [5.74, 6) is 0.524. The van der Waals surface area contributed by atoms with Gasteiger partial charge >= 0.3 is 0 Å². The summed E-state index contributed by atoms with van der Waals surface area (Å²) in [5.41, 5.74) is 7.65. The van der Waals surface area contributed by atoms with Crippen LogP contribution < -0.4 is 47.1 Å². The van der Waals surface area contributed by atoms with Crippen LogP contribution in [0.4, 0.5) is 11.4 Å². The standard InChI is InChI=1S/C32H44N4O5S.C24H37N3O4.C8H7NOS.2CH4/c1-20(2)16-25(28(37)32(5)19-41-32)34-30(39)27(18-22-10-8-7-9-11-22)35-29(38)26(17-21(3)4)36-31(42)33-23-12-14-24(40-6)15-13-23;1-15(2)11-18(25)22(29)27-20(13-17-9-7-6-8-10-17)23(30)26-19(12-16(3)4)21(28)24(5)14-31-24;1-10-8-4-2-7(3-5-8)9-6-11;;/h7-15,20-21,25-27H,16-19H2,1-6H3,(H,34,39)(H,35,38)(H2,33,36,42);6-10,15-16,18-20H,11-14,25H2,1-5H3,(H,26,30)(H,27,29);2-5H,1H3;2*1H4/t25-,26-,27-,32+;18-,19-,20-,24+;;;/m00.../s1. The van der Waals surface area contributed by atoms with Crippen molar-refractivity contribution in [3.05, 3.63) is 120 Å². The molecule has 2 heterocycles. The average molecular weight is 1230 g/mol. The molecule has 86 heavy (non-hydrogen) atoms. The van der Waals surface area contributed by atoms with Crippen molar-refractivity contribution in [2.45, 2.75) is 170 Å². The number of isothiocyanates is 1. The smallest absolute Gasteiger partial charge is 0.243 e. The van der Waals surface area contributed by atoms with E-state index in [0.29, 0.717) is 45.3 Å². The molecule has 0 aliphatic carbocycles. The Bertz CT molecular complexity index is 2810. The number of hydrogen-bond donors (Lipinski definition) is 7. The van der Waals surface area contributed by atoms with E-state index in [4.69, 9.17) is 36.9 Å². The van der Waals surface area contributed by atoms with Crippen LogP contribution in [0.25, 0.3) is 0 Å². The van der Waals surface area contributed by atoms with E-state index in [1.165, 1.54) is 0 Å². The van der Waals surface area contributed by atoms with Gasteiger partial charge in [-0.3, -0.25) is 28.8 Å². The van der Waals surface area contributed by atoms with Crippen LogP contribution in [0.2, 0.25) is 0 Å². The van der Waals surface area contributed by atoms with Crippen LogP contribution in [0.3, 0.4) is 0 Å². The molecule has 6 rings (SSSR count). The molecule has 8 atom stereocenters. The van der Waals surface area contributed by atoms with Crippen LogP contribution in [0, 0.1) is 23.7 Å². The first-order valence-electron chi connectivity index (χ1n) is 28.6. The summed E-state index contributed by atoms with van der Waals surface area (Å²) in [6.07, 6.45) is 2.55. The Morgan fingerprint density at radius 2 is 0.884 bits per heavy atom. The fraction of sp³-hybridized carbons (Fsp3) is 0.515. The minimum Gasteiger partial charge on any atom is -0.497 e. The molecule has 20 heteroatoms. The molecule has 2 aliphatic rings. The molecular weight excluding hydrogens is 1130 g/mol. The number of thiocarbonyl (C=S) groups is 2. The van der Waals surface area contributed by atoms with Gasteiger partial charge in [0.2, 0.25) is 23.6 Å². The molecule has 0 radical (unpaired) electrons. The Balaban J connectivity index is 0.000000501. The van der Waals surface area contributed by atoms with Gasteiger partial charge in [0.15, 0.2) is 16.7 Å². The highest BCUT2D eigenvalue weighted by atomic mass is 32.1. The number of ketones is 2. The molecule has 0 aromatic heterocycles. The lowest BCUT2D eigenvalue weighted by Crippen LogP contribution is -2.57. The number of methoxy groups -OCH3 is 2. The second-order valence-electron chi connectivity index (χ2n) is 23.3. The molecule has 2 aliphatic heterocycles. The Hall–Kier alpha value is -6.93. The van der Waals surface area contributed by atoms with Crippen molar-refractivity contribution in [3.63, 3.8) is 0 Å². The van der Waals surface area contributed by atoms with Gasteiger partial charge in [0.1, 0.15) is 40.8 Å². The normalized spacial score (nSPS) is 17.4. The zero-order valence-corrected chi connectivity index (χ0v) is 52.4. The molecular formula is C66H96N8O10S2. The van der Waals surface area contributed by atoms with Crippen LogP contribution >= 0.6 is 24.4 Å². The lowest BCUT2D eigenvalue weighted by atomic mass is 9.93. The maximum absolute atomic E-state index is 13.7. The fourth-order valence-electron chi connectivity index (χ4n) is 8.88. The number of hydrogen-bond acceptors (Lipinski definition) is 14. The lowest BCUT2D eigenvalue weighted by Gasteiger charge is -2.27. The molecule has 4 aromatic rings. The van der Waals surface area contributed by atoms with E-state index in [2.05, 4.69) is 54.3 Å². The average Bonchev–Trinajstić information content (AvgIpc) is 2.84. The highest BCUT2D eigenvalue weighted by Gasteiger charge is 2.51. The number of amides is 4. The quantitative estimate of drug-likeness (QED) is 0.0152. The predicted octanol–water partition coefficient (Wildman–Crippen LogP) is 9.69. The number of carbonyl (C=O) groups is 6. The van der Waals surface area contributed by atoms with Gasteiger partial charge in [-0.05, 0) is 147 Å². The van der Waals surface area contributed by atoms with Crippen molar-refractivity contribution in [1.82, 2.24) is 26.6 Å². The lowest BCUT2D eigenvalue weighted by molar-refractivity contribution is -0.133. The molecule has 2 fully saturated rings. The van der Waals surface area contributed by atoms with Gasteiger partial charge in [0.25, 0.3) is 0 Å². The SMILES string of the molecule is C.C.CC(C)C[C@H](NC(=O)[C@H](Cc1ccccc1)NC(=O)[C@@H](N)CC(C)C)C(=O)[C@@]1(C)CO1.COc1ccc(N=C=S)cc1.COc1ccc(NC(=S)N[C@@H](CC(C)C)C(=O)N[C@@H](Cc2ccccc2)C(=O)N[C@@H](CC(C)C)C(=O)[C@@]2(C)CO2)cc1. The zero-order chi connectivity index (χ0) is 62.1. The first kappa shape index (κ1) is 75.2. The number of nitrogens with one attached hydrogen (secondary N) is 6. The first-order chi connectivity index (χ1) is 39.8. The van der Waals surface area contributed by atoms with Gasteiger partial charge in [-0.25, -0.2) is 0 Å². The second kappa shape index (κ2) is 36.9. The van der Waals surface area contributed by atoms with E-state index in [9.17, 15) is 28.8 Å². The van der Waals surface area contributed by atoms with E-state index < -0.39 is 59.3 Å². The van der Waals surface area contributed by atoms with Gasteiger partial charge in [0, 0.05) is 18.5 Å². The number of carbonyl (C=O) groups excluding carboxylic acids is 6. The van der Waals surface area contributed by atoms with Crippen molar-refractivity contribution in [2.75, 3.05) is 32.8 Å². The summed E-state index contributed by atoms with van der Waals surface area (Å²) >= 11 is 9.97. The summed E-state index contributed by atoms with van der Waals surface area (Å²) in [4.78, 5) is 83.1. The van der Waals surface area contributed by atoms with Crippen LogP contribution in [-0.2, 0) is 51.1 Å². The van der Waals surface area contributed by atoms with Gasteiger partial charge < -0.3 is 56.6 Å². The van der Waals surface area contributed by atoms with Crippen LogP contribution in [0.15, 0.2) is 114 Å². The minimum absolute atomic E-state index is 0. The monoisotopic (exact) mass is 1220 g/mol. The van der Waals surface area contributed by atoms with Crippen LogP contribution in [0.1, 0.15) is 121 Å². The Kier molecular flexibility index (Phi) is 32.3. The summed E-state index contributed by atoms with van der Waals surface area (Å²) in [7, 11) is 3.22. The van der Waals surface area contributed by atoms with E-state index >= 15 is 0 Å². The molecule has 18 nitrogen and oxygen atoms in total. The second-order valence-corrected chi connectivity index (χ2v) is 23.9. The van der Waals surface area contributed by atoms with Crippen LogP contribution in [0.5, 0.6) is 11.5 Å². The number of benzene rings is 4. The highest BCUT2D eigenvalue weighted by Crippen LogP contribution is 2.31. The number of ether oxygens (including phenoxy) is 4. The summed E-state index contributed by atoms with van der Waals surface area (Å²) < 4.78 is 20.8. The number of nitrogens with two attached hydrogens (primary N) is 1. The van der Waals surface area contributed by atoms with Gasteiger partial charge in [-0.15, -0.1) is 0 Å². The van der Waals surface area contributed by atoms with Gasteiger partial charge in [-0.1, -0.05) is 131 Å². The summed E-state index contributed by atoms with van der Waals surface area (Å²) in [5, 5.41) is 20.4. The topological polar surface area (TPSA) is 256 Å². The maximum atomic E-state index is 13.7. The molecule has 0 spiro atoms. The van der Waals surface area contributed by atoms with Crippen molar-refractivity contribution >= 4 is 81.3 Å². The minimum atomic E-state index is -0.908. The van der Waals surface area contributed by atoms with E-state index in [-0.39, 0.29) is 73.4 Å². The molecule has 0 bridgehead atoms. The molecule has 4 amide bonds. The number of rotatable bonds is 29. The Morgan fingerprint density at radius 3 is 1.24 bits per heavy atom. The molecule has 4 aromatic carbocycles. The number of epoxide rings is 2. The Morgan fingerprint density at radius 1 is 0.535 bits per heavy atom. The number of Topliss-reactive ketones (excluding diaryl/α,β-unsaturated/α-hetero) is 2. The van der Waals surface area contributed by atoms with E-state index in [0.717, 1.165) is 34.0 Å². The third-order valence-corrected chi connectivity index (χ3v) is 14.0. The third kappa shape index (κ3) is 26.4. The summed E-state index contributed by atoms with van der Waals surface area (Å²) in [6, 6.07) is 29.0. The Labute approximate surface area is 522 Å². The zero-order valence-electron chi connectivity index (χ0n) is 50.7. The van der Waals surface area contributed by atoms with Gasteiger partial charge in [0.05, 0.1) is 56.4 Å². The molecule has 8 N–H and O–H groups in total. The first-order valence-corrected chi connectivity index (χ1v) is 29.4. The number of nitrogens with zero attached hydrogens (tertiary/aromatic N) is 1. The molecule has 0 saturated carbocycles. The predicted molar refractivity (Wildman–Crippen MR) is 350 cm³/mol. The molecule has 472 valence electrons. The largest absolute Gasteiger partial charge is 0.497 e. The number of anilines is 1. The fourth-order valence-corrected chi connectivity index (χ4v) is 9.25.